The van der Waals surface area contributed by atoms with E-state index in [9.17, 15) is 9.18 Å². The van der Waals surface area contributed by atoms with Gasteiger partial charge >= 0.3 is 0 Å². The van der Waals surface area contributed by atoms with Crippen molar-refractivity contribution in [1.82, 2.24) is 19.6 Å². The van der Waals surface area contributed by atoms with Crippen LogP contribution in [0.25, 0.3) is 11.0 Å². The summed E-state index contributed by atoms with van der Waals surface area (Å²) in [6, 6.07) is 2.20. The van der Waals surface area contributed by atoms with Gasteiger partial charge in [0, 0.05) is 60.4 Å². The molecule has 1 aromatic carbocycles. The molecular formula is C23H27FN4O2. The second-order valence-corrected chi connectivity index (χ2v) is 7.51. The van der Waals surface area contributed by atoms with Crippen LogP contribution in [-0.2, 0) is 19.3 Å². The number of halogens is 1. The van der Waals surface area contributed by atoms with Crippen molar-refractivity contribution in [3.05, 3.63) is 57.1 Å². The van der Waals surface area contributed by atoms with Crippen LogP contribution < -0.4 is 5.56 Å². The van der Waals surface area contributed by atoms with Gasteiger partial charge < -0.3 is 9.42 Å². The number of aromatic nitrogens is 3. The third-order valence-corrected chi connectivity index (χ3v) is 5.62. The lowest BCUT2D eigenvalue weighted by Crippen LogP contribution is -2.37. The summed E-state index contributed by atoms with van der Waals surface area (Å²) in [6.45, 7) is -5.89. The molecule has 3 aromatic rings. The molecule has 2 aliphatic heterocycles. The Morgan fingerprint density at radius 1 is 1.37 bits per heavy atom. The second kappa shape index (κ2) is 7.95. The van der Waals surface area contributed by atoms with Crippen molar-refractivity contribution < 1.29 is 22.6 Å². The van der Waals surface area contributed by atoms with Crippen molar-refractivity contribution in [2.24, 2.45) is 0 Å². The number of benzene rings is 1. The average molecular weight is 421 g/mol. The maximum absolute atomic E-state index is 13.8. The first-order valence-electron chi connectivity index (χ1n) is 14.9. The Hall–Kier alpha value is -2.54. The van der Waals surface area contributed by atoms with E-state index in [4.69, 9.17) is 18.2 Å². The molecule has 1 saturated heterocycles. The van der Waals surface area contributed by atoms with Gasteiger partial charge in [-0.05, 0) is 64.1 Å². The smallest absolute Gasteiger partial charge is 0.256 e. The highest BCUT2D eigenvalue weighted by Gasteiger charge is 2.25. The van der Waals surface area contributed by atoms with Gasteiger partial charge in [0.1, 0.15) is 11.6 Å². The summed E-state index contributed by atoms with van der Waals surface area (Å²) in [5.41, 5.74) is -2.48. The van der Waals surface area contributed by atoms with E-state index < -0.39 is 60.6 Å². The monoisotopic (exact) mass is 420 g/mol. The van der Waals surface area contributed by atoms with E-state index in [-0.39, 0.29) is 44.0 Å². The average Bonchev–Trinajstić information content (AvgIpc) is 3.30. The standard InChI is InChI=1S/C23H27FN4O2/c1-15-18(23(29)28-10-3-2-4-21(28)25-15)9-13-27-11-7-16(8-12-27)22-19-6-5-17(24)14-20(19)30-26-22/h5-6,14,16H,2-4,7-13H2,1H3/i1D3,4D2,9D2,13D2,14D. The van der Waals surface area contributed by atoms with Crippen molar-refractivity contribution in [2.45, 2.75) is 57.7 Å². The Morgan fingerprint density at radius 3 is 3.07 bits per heavy atom. The topological polar surface area (TPSA) is 64.2 Å². The molecule has 0 aliphatic carbocycles. The van der Waals surface area contributed by atoms with Crippen molar-refractivity contribution in [2.75, 3.05) is 19.6 Å². The highest BCUT2D eigenvalue weighted by Crippen LogP contribution is 2.32. The largest absolute Gasteiger partial charge is 0.356 e. The first-order valence-corrected chi connectivity index (χ1v) is 9.94. The van der Waals surface area contributed by atoms with Crippen LogP contribution in [0.2, 0.25) is 0 Å². The predicted octanol–water partition coefficient (Wildman–Crippen LogP) is 3.59. The Labute approximate surface area is 188 Å². The molecule has 0 bridgehead atoms. The minimum atomic E-state index is -3.13. The third-order valence-electron chi connectivity index (χ3n) is 5.62. The Kier molecular flexibility index (Phi) is 2.96. The maximum Gasteiger partial charge on any atom is 0.256 e. The van der Waals surface area contributed by atoms with Crippen LogP contribution in [0.3, 0.4) is 0 Å². The van der Waals surface area contributed by atoms with Gasteiger partial charge in [-0.2, -0.15) is 0 Å². The van der Waals surface area contributed by atoms with Crippen molar-refractivity contribution >= 4 is 11.0 Å². The zero-order valence-electron chi connectivity index (χ0n) is 26.2. The highest BCUT2D eigenvalue weighted by molar-refractivity contribution is 5.79. The molecule has 2 aromatic heterocycles. The van der Waals surface area contributed by atoms with Crippen LogP contribution in [-0.4, -0.2) is 39.2 Å². The quantitative estimate of drug-likeness (QED) is 0.645. The molecule has 0 amide bonds. The van der Waals surface area contributed by atoms with Gasteiger partial charge in [-0.25, -0.2) is 9.37 Å². The highest BCUT2D eigenvalue weighted by atomic mass is 19.1. The molecule has 5 rings (SSSR count). The first-order chi connectivity index (χ1) is 18.5. The minimum absolute atomic E-state index is 0.00560. The summed E-state index contributed by atoms with van der Waals surface area (Å²) in [4.78, 5) is 18.7. The lowest BCUT2D eigenvalue weighted by molar-refractivity contribution is 0.211. The number of rotatable bonds is 4. The normalized spacial score (nSPS) is 26.0. The van der Waals surface area contributed by atoms with Gasteiger partial charge in [0.2, 0.25) is 0 Å². The molecule has 7 heteroatoms. The predicted molar refractivity (Wildman–Crippen MR) is 112 cm³/mol. The van der Waals surface area contributed by atoms with Crippen molar-refractivity contribution in [1.29, 1.82) is 0 Å². The van der Waals surface area contributed by atoms with Gasteiger partial charge in [-0.3, -0.25) is 9.36 Å². The fraction of sp³-hybridized carbons (Fsp3) is 0.522. The molecule has 0 radical (unpaired) electrons. The van der Waals surface area contributed by atoms with Crippen LogP contribution in [0, 0.1) is 12.7 Å². The molecule has 158 valence electrons. The Balaban J connectivity index is 1.48. The van der Waals surface area contributed by atoms with Crippen molar-refractivity contribution in [3.8, 4) is 0 Å². The molecule has 0 spiro atoms. The number of aryl methyl sites for hydroxylation is 2. The fourth-order valence-corrected chi connectivity index (χ4v) is 4.01. The van der Waals surface area contributed by atoms with Gasteiger partial charge in [0.05, 0.1) is 7.06 Å². The molecule has 1 fully saturated rings. The molecule has 0 saturated carbocycles. The summed E-state index contributed by atoms with van der Waals surface area (Å²) < 4.78 is 103. The molecule has 4 heterocycles. The van der Waals surface area contributed by atoms with Crippen molar-refractivity contribution in [3.63, 3.8) is 0 Å². The van der Waals surface area contributed by atoms with Crippen LogP contribution in [0.5, 0.6) is 0 Å². The Bertz CT molecular complexity index is 1530. The fourth-order valence-electron chi connectivity index (χ4n) is 4.01. The molecule has 0 atom stereocenters. The molecular weight excluding hydrogens is 383 g/mol. The lowest BCUT2D eigenvalue weighted by Gasteiger charge is -2.31. The van der Waals surface area contributed by atoms with E-state index in [0.717, 1.165) is 10.6 Å². The van der Waals surface area contributed by atoms with Gasteiger partial charge in [0.25, 0.3) is 5.56 Å². The zero-order chi connectivity index (χ0) is 29.4. The van der Waals surface area contributed by atoms with Crippen LogP contribution in [0.15, 0.2) is 27.5 Å². The van der Waals surface area contributed by atoms with Gasteiger partial charge in [-0.1, -0.05) is 5.16 Å². The molecule has 30 heavy (non-hydrogen) atoms. The molecule has 6 nitrogen and oxygen atoms in total. The van der Waals surface area contributed by atoms with Crippen LogP contribution in [0.4, 0.5) is 4.39 Å². The third kappa shape index (κ3) is 3.55. The summed E-state index contributed by atoms with van der Waals surface area (Å²) in [7, 11) is 0. The Morgan fingerprint density at radius 2 is 2.23 bits per heavy atom. The summed E-state index contributed by atoms with van der Waals surface area (Å²) in [5.74, 6) is -1.40. The van der Waals surface area contributed by atoms with E-state index >= 15 is 0 Å². The van der Waals surface area contributed by atoms with Gasteiger partial charge in [0.15, 0.2) is 5.58 Å². The number of fused-ring (bicyclic) bond motifs is 2. The number of likely N-dealkylation sites (tertiary alicyclic amines) is 1. The summed E-state index contributed by atoms with van der Waals surface area (Å²) in [5, 5.41) is 4.48. The number of nitrogens with zero attached hydrogens (tertiary/aromatic N) is 4. The first kappa shape index (κ1) is 11.2. The molecule has 2 aliphatic rings. The minimum Gasteiger partial charge on any atom is -0.356 e. The second-order valence-electron chi connectivity index (χ2n) is 7.51. The number of hydrogen-bond acceptors (Lipinski definition) is 5. The maximum atomic E-state index is 13.8. The summed E-state index contributed by atoms with van der Waals surface area (Å²) in [6.07, 6.45) is -4.35. The number of piperidine rings is 1. The van der Waals surface area contributed by atoms with E-state index in [1.807, 2.05) is 0 Å². The van der Waals surface area contributed by atoms with Gasteiger partial charge in [-0.15, -0.1) is 0 Å². The van der Waals surface area contributed by atoms with E-state index in [2.05, 4.69) is 10.1 Å². The van der Waals surface area contributed by atoms with E-state index in [1.54, 1.807) is 0 Å². The van der Waals surface area contributed by atoms with Crippen LogP contribution in [0.1, 0.15) is 68.1 Å². The lowest BCUT2D eigenvalue weighted by atomic mass is 9.91. The van der Waals surface area contributed by atoms with Crippen LogP contribution >= 0.6 is 0 Å². The number of hydrogen-bond donors (Lipinski definition) is 0. The molecule has 0 unspecified atom stereocenters. The molecule has 0 N–H and O–H groups in total. The zero-order valence-corrected chi connectivity index (χ0v) is 16.2. The summed E-state index contributed by atoms with van der Waals surface area (Å²) >= 11 is 0. The SMILES string of the molecule is [2H]c1c(F)ccc2c(C3CCN(C([2H])([2H])C([2H])([2H])c4c(C([2H])([2H])[2H])nc5n(c4=O)CCCC5([2H])[2H])CC3)noc12. The van der Waals surface area contributed by atoms with E-state index in [1.165, 1.54) is 11.0 Å². The van der Waals surface area contributed by atoms with E-state index in [0.29, 0.717) is 23.9 Å².